The first-order valence-electron chi connectivity index (χ1n) is 14.4. The molecule has 0 spiro atoms. The molecule has 0 aliphatic carbocycles. The van der Waals surface area contributed by atoms with Gasteiger partial charge in [0.2, 0.25) is 5.91 Å². The fourth-order valence-electron chi connectivity index (χ4n) is 6.14. The van der Waals surface area contributed by atoms with Crippen molar-refractivity contribution in [2.24, 2.45) is 0 Å². The molecule has 0 radical (unpaired) electrons. The molecule has 0 unspecified atom stereocenters. The number of halogens is 1. The lowest BCUT2D eigenvalue weighted by Gasteiger charge is -2.40. The fraction of sp³-hybridized carbons (Fsp3) is 0.344. The molecule has 1 aromatic carbocycles. The second kappa shape index (κ2) is 10.8. The van der Waals surface area contributed by atoms with Crippen molar-refractivity contribution in [1.82, 2.24) is 24.4 Å². The molecule has 1 saturated heterocycles. The summed E-state index contributed by atoms with van der Waals surface area (Å²) in [5.41, 5.74) is 2.45. The van der Waals surface area contributed by atoms with E-state index in [1.165, 1.54) is 28.8 Å². The molecule has 6 rings (SSSR count). The first-order valence-corrected chi connectivity index (χ1v) is 14.4. The third-order valence-electron chi connectivity index (χ3n) is 8.19. The molecule has 2 aliphatic rings. The summed E-state index contributed by atoms with van der Waals surface area (Å²) in [6.07, 6.45) is 3.43. The number of aromatic nitrogens is 4. The van der Waals surface area contributed by atoms with Crippen molar-refractivity contribution in [2.75, 3.05) is 31.1 Å². The molecule has 0 saturated carbocycles. The maximum absolute atomic E-state index is 15.3. The number of hydrogen-bond donors (Lipinski definition) is 1. The third kappa shape index (κ3) is 4.59. The van der Waals surface area contributed by atoms with Gasteiger partial charge in [0.1, 0.15) is 28.5 Å². The highest BCUT2D eigenvalue weighted by Crippen LogP contribution is 2.45. The smallest absolute Gasteiger partial charge is 0.355 e. The zero-order chi connectivity index (χ0) is 30.6. The lowest BCUT2D eigenvalue weighted by Crippen LogP contribution is -2.54. The Bertz CT molecular complexity index is 1830. The summed E-state index contributed by atoms with van der Waals surface area (Å²) in [5, 5.41) is 11.3. The maximum Gasteiger partial charge on any atom is 0.355 e. The molecule has 2 aliphatic heterocycles. The van der Waals surface area contributed by atoms with Gasteiger partial charge < -0.3 is 19.6 Å². The number of nitrogens with zero attached hydrogens (tertiary/aromatic N) is 6. The Hall–Kier alpha value is -4.80. The van der Waals surface area contributed by atoms with Crippen LogP contribution in [0, 0.1) is 12.7 Å². The van der Waals surface area contributed by atoms with Crippen LogP contribution in [0.5, 0.6) is 11.5 Å². The number of rotatable bonds is 5. The number of fused-ring (bicyclic) bond motifs is 3. The van der Waals surface area contributed by atoms with Crippen LogP contribution in [-0.2, 0) is 11.2 Å². The van der Waals surface area contributed by atoms with Crippen molar-refractivity contribution in [3.63, 3.8) is 0 Å². The molecule has 43 heavy (non-hydrogen) atoms. The second-order valence-corrected chi connectivity index (χ2v) is 11.3. The first-order chi connectivity index (χ1) is 20.6. The number of carbonyl (C=O) groups is 1. The molecule has 11 heteroatoms. The lowest BCUT2D eigenvalue weighted by atomic mass is 10.00. The van der Waals surface area contributed by atoms with Crippen LogP contribution >= 0.6 is 0 Å². The highest BCUT2D eigenvalue weighted by atomic mass is 19.1. The van der Waals surface area contributed by atoms with E-state index in [1.807, 2.05) is 38.7 Å². The van der Waals surface area contributed by atoms with Crippen molar-refractivity contribution in [3.05, 3.63) is 76.2 Å². The molecule has 222 valence electrons. The Kier molecular flexibility index (Phi) is 7.11. The molecule has 3 aromatic heterocycles. The van der Waals surface area contributed by atoms with E-state index in [0.29, 0.717) is 66.6 Å². The van der Waals surface area contributed by atoms with E-state index in [1.54, 1.807) is 11.1 Å². The van der Waals surface area contributed by atoms with Gasteiger partial charge in [-0.2, -0.15) is 4.98 Å². The lowest BCUT2D eigenvalue weighted by molar-refractivity contribution is -0.126. The van der Waals surface area contributed by atoms with E-state index in [2.05, 4.69) is 16.5 Å². The molecule has 1 N–H and O–H groups in total. The molecule has 4 aromatic rings. The summed E-state index contributed by atoms with van der Waals surface area (Å²) in [7, 11) is 0. The van der Waals surface area contributed by atoms with Crippen LogP contribution in [-0.4, -0.2) is 67.7 Å². The van der Waals surface area contributed by atoms with Crippen LogP contribution in [0.1, 0.15) is 43.5 Å². The Morgan fingerprint density at radius 1 is 1.23 bits per heavy atom. The number of hydrogen-bond acceptors (Lipinski definition) is 8. The Morgan fingerprint density at radius 3 is 2.72 bits per heavy atom. The highest BCUT2D eigenvalue weighted by molar-refractivity contribution is 5.98. The molecule has 1 atom stereocenters. The largest absolute Gasteiger partial charge is 0.507 e. The summed E-state index contributed by atoms with van der Waals surface area (Å²) in [6.45, 7) is 13.0. The van der Waals surface area contributed by atoms with Gasteiger partial charge in [0.25, 0.3) is 0 Å². The summed E-state index contributed by atoms with van der Waals surface area (Å²) < 4.78 is 23.0. The number of phenols is 1. The third-order valence-corrected chi connectivity index (χ3v) is 8.19. The summed E-state index contributed by atoms with van der Waals surface area (Å²) in [4.78, 5) is 44.4. The van der Waals surface area contributed by atoms with Crippen LogP contribution in [0.25, 0.3) is 28.0 Å². The summed E-state index contributed by atoms with van der Waals surface area (Å²) >= 11 is 0. The van der Waals surface area contributed by atoms with Crippen LogP contribution in [0.2, 0.25) is 0 Å². The van der Waals surface area contributed by atoms with E-state index in [-0.39, 0.29) is 40.5 Å². The van der Waals surface area contributed by atoms with E-state index < -0.39 is 11.5 Å². The number of pyridine rings is 2. The van der Waals surface area contributed by atoms with Crippen LogP contribution < -0.4 is 15.3 Å². The van der Waals surface area contributed by atoms with Crippen LogP contribution in [0.15, 0.2) is 47.9 Å². The number of aromatic hydroxyl groups is 1. The SMILES string of the molecule is C=CC(=O)N1CCN(c2nc(=O)n(-c3c(C)ccnc3C(C)C)c3nc(-c4c(O)cccc4F)c4c(c23)OCC4)[C@@H](C)C1. The number of amides is 1. The predicted molar refractivity (Wildman–Crippen MR) is 162 cm³/mol. The van der Waals surface area contributed by atoms with Crippen molar-refractivity contribution >= 4 is 22.8 Å². The monoisotopic (exact) mass is 584 g/mol. The van der Waals surface area contributed by atoms with Crippen LogP contribution in [0.4, 0.5) is 10.2 Å². The number of anilines is 1. The van der Waals surface area contributed by atoms with Gasteiger partial charge in [-0.05, 0) is 49.6 Å². The zero-order valence-electron chi connectivity index (χ0n) is 24.6. The van der Waals surface area contributed by atoms with E-state index in [4.69, 9.17) is 9.72 Å². The van der Waals surface area contributed by atoms with Crippen LogP contribution in [0.3, 0.4) is 0 Å². The number of benzene rings is 1. The molecule has 1 fully saturated rings. The summed E-state index contributed by atoms with van der Waals surface area (Å²) in [6, 6.07) is 5.73. The number of ether oxygens (including phenoxy) is 1. The van der Waals surface area contributed by atoms with Gasteiger partial charge in [-0.15, -0.1) is 0 Å². The number of carbonyl (C=O) groups excluding carboxylic acids is 1. The van der Waals surface area contributed by atoms with Gasteiger partial charge in [0, 0.05) is 43.9 Å². The molecule has 1 amide bonds. The Balaban J connectivity index is 1.71. The van der Waals surface area contributed by atoms with E-state index in [9.17, 15) is 14.7 Å². The van der Waals surface area contributed by atoms with Crippen molar-refractivity contribution in [2.45, 2.75) is 46.1 Å². The molecular weight excluding hydrogens is 551 g/mol. The van der Waals surface area contributed by atoms with E-state index >= 15 is 4.39 Å². The van der Waals surface area contributed by atoms with Crippen molar-refractivity contribution in [3.8, 4) is 28.4 Å². The average molecular weight is 585 g/mol. The van der Waals surface area contributed by atoms with Gasteiger partial charge in [-0.1, -0.05) is 26.5 Å². The van der Waals surface area contributed by atoms with Gasteiger partial charge in [0.15, 0.2) is 5.65 Å². The van der Waals surface area contributed by atoms with Gasteiger partial charge >= 0.3 is 5.69 Å². The topological polar surface area (TPSA) is 114 Å². The second-order valence-electron chi connectivity index (χ2n) is 11.3. The summed E-state index contributed by atoms with van der Waals surface area (Å²) in [5.74, 6) is -0.260. The normalized spacial score (nSPS) is 16.5. The average Bonchev–Trinajstić information content (AvgIpc) is 3.47. The van der Waals surface area contributed by atoms with Crippen molar-refractivity contribution < 1.29 is 19.0 Å². The minimum Gasteiger partial charge on any atom is -0.507 e. The maximum atomic E-state index is 15.3. The van der Waals surface area contributed by atoms with Gasteiger partial charge in [-0.3, -0.25) is 9.78 Å². The first kappa shape index (κ1) is 28.3. The van der Waals surface area contributed by atoms with Gasteiger partial charge in [-0.25, -0.2) is 18.7 Å². The molecular formula is C32H33FN6O4. The van der Waals surface area contributed by atoms with E-state index in [0.717, 1.165) is 5.56 Å². The zero-order valence-corrected chi connectivity index (χ0v) is 24.6. The minimum atomic E-state index is -0.638. The van der Waals surface area contributed by atoms with Gasteiger partial charge in [0.05, 0.1) is 29.2 Å². The molecule has 5 heterocycles. The molecule has 10 nitrogen and oxygen atoms in total. The fourth-order valence-corrected chi connectivity index (χ4v) is 6.14. The minimum absolute atomic E-state index is 0.0345. The number of phenolic OH excluding ortho intramolecular Hbond substituents is 1. The molecule has 0 bridgehead atoms. The number of aryl methyl sites for hydroxylation is 1. The number of piperazine rings is 1. The highest BCUT2D eigenvalue weighted by Gasteiger charge is 2.34. The van der Waals surface area contributed by atoms with Crippen molar-refractivity contribution in [1.29, 1.82) is 0 Å². The predicted octanol–water partition coefficient (Wildman–Crippen LogP) is 4.28. The quantitative estimate of drug-likeness (QED) is 0.346. The Morgan fingerprint density at radius 2 is 2.02 bits per heavy atom. The Labute approximate surface area is 248 Å². The standard InChI is InChI=1S/C32H33FN6O4/c1-6-23(41)37-13-14-38(19(5)16-37)30-25-29-20(11-15-43-29)27(24-21(33)8-7-9-22(24)40)35-31(25)39(32(42)36-30)28-18(4)10-12-34-26(28)17(2)3/h6-10,12,17,19,40H,1,11,13-16H2,2-5H3/t19-/m0/s1.